The Labute approximate surface area is 63.2 Å². The number of ether oxygens (including phenoxy) is 1. The van der Waals surface area contributed by atoms with E-state index in [2.05, 4.69) is 13.8 Å². The van der Waals surface area contributed by atoms with Crippen molar-refractivity contribution in [2.75, 3.05) is 13.2 Å². The lowest BCUT2D eigenvalue weighted by Gasteiger charge is -2.15. The highest BCUT2D eigenvalue weighted by molar-refractivity contribution is 4.58. The lowest BCUT2D eigenvalue weighted by Crippen LogP contribution is -2.19. The fraction of sp³-hybridized carbons (Fsp3) is 1.00. The van der Waals surface area contributed by atoms with Crippen LogP contribution in [0.2, 0.25) is 0 Å². The zero-order valence-corrected chi connectivity index (χ0v) is 6.97. The molecule has 1 N–H and O–H groups in total. The Morgan fingerprint density at radius 3 is 1.90 bits per heavy atom. The van der Waals surface area contributed by atoms with Crippen molar-refractivity contribution in [1.29, 1.82) is 0 Å². The van der Waals surface area contributed by atoms with Gasteiger partial charge >= 0.3 is 0 Å². The Balaban J connectivity index is 0.000000236. The summed E-state index contributed by atoms with van der Waals surface area (Å²) in [6.07, 6.45) is 2.80. The third-order valence-corrected chi connectivity index (χ3v) is 1.19. The molecule has 0 atom stereocenters. The van der Waals surface area contributed by atoms with E-state index in [1.165, 1.54) is 6.42 Å². The number of aliphatic hydroxyl groups is 1. The summed E-state index contributed by atoms with van der Waals surface area (Å²) in [5.41, 5.74) is 0. The van der Waals surface area contributed by atoms with E-state index < -0.39 is 0 Å². The van der Waals surface area contributed by atoms with Crippen LogP contribution < -0.4 is 0 Å². The third kappa shape index (κ3) is 6.05. The van der Waals surface area contributed by atoms with Gasteiger partial charge in [-0.25, -0.2) is 0 Å². The van der Waals surface area contributed by atoms with Crippen molar-refractivity contribution < 1.29 is 9.84 Å². The fourth-order valence-electron chi connectivity index (χ4n) is 0.685. The second kappa shape index (κ2) is 7.03. The quantitative estimate of drug-likeness (QED) is 0.562. The molecule has 0 aliphatic carbocycles. The lowest BCUT2D eigenvalue weighted by molar-refractivity contribution is 0.0140. The van der Waals surface area contributed by atoms with Crippen LogP contribution >= 0.6 is 0 Å². The van der Waals surface area contributed by atoms with Crippen LogP contribution in [0.15, 0.2) is 0 Å². The van der Waals surface area contributed by atoms with Crippen LogP contribution in [-0.4, -0.2) is 24.4 Å². The van der Waals surface area contributed by atoms with E-state index in [9.17, 15) is 0 Å². The summed E-state index contributed by atoms with van der Waals surface area (Å²) in [7, 11) is 0. The molecule has 0 amide bonds. The second-order valence-corrected chi connectivity index (χ2v) is 2.55. The van der Waals surface area contributed by atoms with Crippen molar-refractivity contribution in [2.45, 2.75) is 39.2 Å². The molecule has 0 bridgehead atoms. The summed E-state index contributed by atoms with van der Waals surface area (Å²) in [5.74, 6) is 0. The van der Waals surface area contributed by atoms with Gasteiger partial charge in [-0.3, -0.25) is 0 Å². The lowest BCUT2D eigenvalue weighted by atomic mass is 10.2. The highest BCUT2D eigenvalue weighted by Gasteiger charge is 2.07. The van der Waals surface area contributed by atoms with Crippen LogP contribution in [0.25, 0.3) is 0 Å². The van der Waals surface area contributed by atoms with E-state index in [0.717, 1.165) is 26.1 Å². The van der Waals surface area contributed by atoms with Crippen LogP contribution in [0.3, 0.4) is 0 Å². The largest absolute Gasteiger partial charge is 0.393 e. The molecule has 0 aromatic heterocycles. The van der Waals surface area contributed by atoms with Gasteiger partial charge in [-0.2, -0.15) is 0 Å². The van der Waals surface area contributed by atoms with Gasteiger partial charge in [0.2, 0.25) is 0 Å². The van der Waals surface area contributed by atoms with Crippen LogP contribution in [0.1, 0.15) is 33.1 Å². The van der Waals surface area contributed by atoms with Gasteiger partial charge in [0.05, 0.1) is 6.10 Å². The molecule has 2 nitrogen and oxygen atoms in total. The smallest absolute Gasteiger partial charge is 0.0584 e. The Morgan fingerprint density at radius 2 is 1.70 bits per heavy atom. The first-order valence-corrected chi connectivity index (χ1v) is 4.07. The first-order valence-electron chi connectivity index (χ1n) is 4.07. The summed E-state index contributed by atoms with van der Waals surface area (Å²) in [5, 5.41) is 8.83. The molecule has 1 fully saturated rings. The van der Waals surface area contributed by atoms with E-state index in [4.69, 9.17) is 9.84 Å². The Morgan fingerprint density at radius 1 is 1.30 bits per heavy atom. The molecule has 10 heavy (non-hydrogen) atoms. The maximum Gasteiger partial charge on any atom is 0.0584 e. The zero-order chi connectivity index (χ0) is 7.82. The molecule has 2 heteroatoms. The summed E-state index contributed by atoms with van der Waals surface area (Å²) in [4.78, 5) is 0. The molecule has 1 saturated heterocycles. The normalized spacial score (nSPS) is 19.5. The first-order chi connectivity index (χ1) is 4.81. The van der Waals surface area contributed by atoms with Gasteiger partial charge in [0.1, 0.15) is 0 Å². The number of rotatable bonds is 0. The molecule has 1 aliphatic heterocycles. The average Bonchev–Trinajstić information content (AvgIpc) is 1.91. The van der Waals surface area contributed by atoms with Gasteiger partial charge in [-0.15, -0.1) is 0 Å². The zero-order valence-electron chi connectivity index (χ0n) is 6.97. The van der Waals surface area contributed by atoms with Gasteiger partial charge in [-0.1, -0.05) is 20.3 Å². The Kier molecular flexibility index (Phi) is 6.98. The van der Waals surface area contributed by atoms with Crippen LogP contribution in [0.4, 0.5) is 0 Å². The standard InChI is InChI=1S/C5H10O2.C3H8/c6-5-1-3-7-4-2-5;1-3-2/h5-6H,1-4H2;3H2,1-2H3. The predicted octanol–water partition coefficient (Wildman–Crippen LogP) is 1.57. The number of hydrogen-bond donors (Lipinski definition) is 1. The molecule has 1 aliphatic rings. The van der Waals surface area contributed by atoms with Crippen molar-refractivity contribution >= 4 is 0 Å². The van der Waals surface area contributed by atoms with Crippen molar-refractivity contribution in [3.8, 4) is 0 Å². The third-order valence-electron chi connectivity index (χ3n) is 1.19. The minimum absolute atomic E-state index is 0.0891. The molecule has 62 valence electrons. The van der Waals surface area contributed by atoms with Crippen molar-refractivity contribution in [3.05, 3.63) is 0 Å². The molecule has 0 radical (unpaired) electrons. The first kappa shape index (κ1) is 9.92. The van der Waals surface area contributed by atoms with Crippen LogP contribution in [0, 0.1) is 0 Å². The molecule has 0 unspecified atom stereocenters. The fourth-order valence-corrected chi connectivity index (χ4v) is 0.685. The van der Waals surface area contributed by atoms with Gasteiger partial charge in [0.15, 0.2) is 0 Å². The van der Waals surface area contributed by atoms with Crippen molar-refractivity contribution in [1.82, 2.24) is 0 Å². The summed E-state index contributed by atoms with van der Waals surface area (Å²) < 4.78 is 4.98. The molecule has 0 spiro atoms. The Bertz CT molecular complexity index is 58.3. The monoisotopic (exact) mass is 146 g/mol. The number of aliphatic hydroxyl groups excluding tert-OH is 1. The SMILES string of the molecule is CCC.OC1CCOCC1. The van der Waals surface area contributed by atoms with E-state index in [-0.39, 0.29) is 6.10 Å². The average molecular weight is 146 g/mol. The summed E-state index contributed by atoms with van der Waals surface area (Å²) in [6, 6.07) is 0. The van der Waals surface area contributed by atoms with Gasteiger partial charge in [-0.05, 0) is 12.8 Å². The molecular weight excluding hydrogens is 128 g/mol. The van der Waals surface area contributed by atoms with Gasteiger partial charge in [0.25, 0.3) is 0 Å². The minimum atomic E-state index is -0.0891. The van der Waals surface area contributed by atoms with Gasteiger partial charge in [0, 0.05) is 13.2 Å². The van der Waals surface area contributed by atoms with Crippen LogP contribution in [-0.2, 0) is 4.74 Å². The second-order valence-electron chi connectivity index (χ2n) is 2.55. The maximum absolute atomic E-state index is 8.83. The molecular formula is C8H18O2. The minimum Gasteiger partial charge on any atom is -0.393 e. The van der Waals surface area contributed by atoms with E-state index in [0.29, 0.717) is 0 Å². The van der Waals surface area contributed by atoms with Crippen LogP contribution in [0.5, 0.6) is 0 Å². The van der Waals surface area contributed by atoms with Gasteiger partial charge < -0.3 is 9.84 Å². The molecule has 0 saturated carbocycles. The topological polar surface area (TPSA) is 29.5 Å². The number of hydrogen-bond acceptors (Lipinski definition) is 2. The van der Waals surface area contributed by atoms with E-state index in [1.54, 1.807) is 0 Å². The molecule has 1 heterocycles. The Hall–Kier alpha value is -0.0800. The highest BCUT2D eigenvalue weighted by Crippen LogP contribution is 2.04. The molecule has 0 aromatic rings. The summed E-state index contributed by atoms with van der Waals surface area (Å²) >= 11 is 0. The van der Waals surface area contributed by atoms with E-state index in [1.807, 2.05) is 0 Å². The van der Waals surface area contributed by atoms with Crippen molar-refractivity contribution in [2.24, 2.45) is 0 Å². The molecule has 0 aromatic carbocycles. The van der Waals surface area contributed by atoms with Crippen molar-refractivity contribution in [3.63, 3.8) is 0 Å². The highest BCUT2D eigenvalue weighted by atomic mass is 16.5. The maximum atomic E-state index is 8.83. The summed E-state index contributed by atoms with van der Waals surface area (Å²) in [6.45, 7) is 5.72. The van der Waals surface area contributed by atoms with E-state index >= 15 is 0 Å². The molecule has 1 rings (SSSR count). The predicted molar refractivity (Wildman–Crippen MR) is 42.0 cm³/mol.